The number of carbonyl (C=O) groups is 1. The van der Waals surface area contributed by atoms with Gasteiger partial charge in [-0.3, -0.25) is 19.5 Å². The highest BCUT2D eigenvalue weighted by molar-refractivity contribution is 7.92. The van der Waals surface area contributed by atoms with Crippen molar-refractivity contribution >= 4 is 21.5 Å². The molecule has 6 nitrogen and oxygen atoms in total. The van der Waals surface area contributed by atoms with Crippen LogP contribution in [0.5, 0.6) is 0 Å². The van der Waals surface area contributed by atoms with Gasteiger partial charge in [0.1, 0.15) is 5.78 Å². The number of hydrogen-bond acceptors (Lipinski definition) is 5. The zero-order valence-corrected chi connectivity index (χ0v) is 15.8. The molecule has 2 aromatic heterocycles. The Kier molecular flexibility index (Phi) is 5.32. The van der Waals surface area contributed by atoms with Gasteiger partial charge in [0, 0.05) is 30.1 Å². The van der Waals surface area contributed by atoms with E-state index in [0.717, 1.165) is 11.1 Å². The fourth-order valence-corrected chi connectivity index (χ4v) is 3.74. The predicted molar refractivity (Wildman–Crippen MR) is 104 cm³/mol. The van der Waals surface area contributed by atoms with Crippen molar-refractivity contribution < 1.29 is 13.2 Å². The second kappa shape index (κ2) is 7.67. The first kappa shape index (κ1) is 18.7. The van der Waals surface area contributed by atoms with Crippen LogP contribution in [-0.4, -0.2) is 24.2 Å². The summed E-state index contributed by atoms with van der Waals surface area (Å²) in [6, 6.07) is 13.5. The predicted octanol–water partition coefficient (Wildman–Crippen LogP) is 3.38. The SMILES string of the molecule is CC(=O)Cc1cc(-c2cnc(C)c(NS(=O)(=O)c3ccccc3)c2)ccn1. The average molecular weight is 381 g/mol. The maximum Gasteiger partial charge on any atom is 0.261 e. The highest BCUT2D eigenvalue weighted by Gasteiger charge is 2.16. The third-order valence-electron chi connectivity index (χ3n) is 3.96. The van der Waals surface area contributed by atoms with Gasteiger partial charge < -0.3 is 0 Å². The molecule has 27 heavy (non-hydrogen) atoms. The van der Waals surface area contributed by atoms with E-state index in [9.17, 15) is 13.2 Å². The molecule has 2 heterocycles. The minimum Gasteiger partial charge on any atom is -0.300 e. The lowest BCUT2D eigenvalue weighted by Crippen LogP contribution is -2.14. The van der Waals surface area contributed by atoms with E-state index in [0.29, 0.717) is 17.1 Å². The van der Waals surface area contributed by atoms with Crippen LogP contribution < -0.4 is 4.72 Å². The Morgan fingerprint density at radius 2 is 1.78 bits per heavy atom. The van der Waals surface area contributed by atoms with Gasteiger partial charge in [0.05, 0.1) is 16.3 Å². The summed E-state index contributed by atoms with van der Waals surface area (Å²) in [5.74, 6) is 0.0259. The smallest absolute Gasteiger partial charge is 0.261 e. The molecule has 0 bridgehead atoms. The minimum atomic E-state index is -3.71. The van der Waals surface area contributed by atoms with Crippen LogP contribution in [0.15, 0.2) is 65.8 Å². The summed E-state index contributed by atoms with van der Waals surface area (Å²) in [7, 11) is -3.71. The van der Waals surface area contributed by atoms with E-state index in [1.807, 2.05) is 6.07 Å². The third kappa shape index (κ3) is 4.57. The number of benzene rings is 1. The average Bonchev–Trinajstić information content (AvgIpc) is 2.64. The lowest BCUT2D eigenvalue weighted by Gasteiger charge is -2.12. The van der Waals surface area contributed by atoms with Gasteiger partial charge in [0.2, 0.25) is 0 Å². The summed E-state index contributed by atoms with van der Waals surface area (Å²) in [5.41, 5.74) is 3.18. The number of Topliss-reactive ketones (excluding diaryl/α,β-unsaturated/α-hetero) is 1. The Hall–Kier alpha value is -3.06. The number of aromatic nitrogens is 2. The molecule has 0 saturated carbocycles. The Bertz CT molecular complexity index is 1080. The number of carbonyl (C=O) groups excluding carboxylic acids is 1. The van der Waals surface area contributed by atoms with E-state index in [1.165, 1.54) is 19.1 Å². The highest BCUT2D eigenvalue weighted by atomic mass is 32.2. The van der Waals surface area contributed by atoms with Gasteiger partial charge in [-0.2, -0.15) is 0 Å². The van der Waals surface area contributed by atoms with Gasteiger partial charge >= 0.3 is 0 Å². The van der Waals surface area contributed by atoms with E-state index < -0.39 is 10.0 Å². The fraction of sp³-hybridized carbons (Fsp3) is 0.150. The van der Waals surface area contributed by atoms with E-state index in [-0.39, 0.29) is 17.1 Å². The molecular weight excluding hydrogens is 362 g/mol. The molecule has 1 N–H and O–H groups in total. The van der Waals surface area contributed by atoms with Crippen molar-refractivity contribution in [3.8, 4) is 11.1 Å². The van der Waals surface area contributed by atoms with Crippen LogP contribution in [0.3, 0.4) is 0 Å². The highest BCUT2D eigenvalue weighted by Crippen LogP contribution is 2.26. The van der Waals surface area contributed by atoms with Crippen LogP contribution in [0.2, 0.25) is 0 Å². The normalized spacial score (nSPS) is 11.2. The maximum absolute atomic E-state index is 12.6. The van der Waals surface area contributed by atoms with Crippen LogP contribution in [0.25, 0.3) is 11.1 Å². The van der Waals surface area contributed by atoms with Crippen molar-refractivity contribution in [2.24, 2.45) is 0 Å². The molecule has 0 aliphatic carbocycles. The van der Waals surface area contributed by atoms with E-state index >= 15 is 0 Å². The quantitative estimate of drug-likeness (QED) is 0.707. The van der Waals surface area contributed by atoms with Crippen molar-refractivity contribution in [3.63, 3.8) is 0 Å². The number of aryl methyl sites for hydroxylation is 1. The molecule has 138 valence electrons. The second-order valence-corrected chi connectivity index (χ2v) is 7.87. The summed E-state index contributed by atoms with van der Waals surface area (Å²) < 4.78 is 27.8. The Labute approximate surface area is 158 Å². The molecule has 0 radical (unpaired) electrons. The van der Waals surface area contributed by atoms with E-state index in [4.69, 9.17) is 0 Å². The van der Waals surface area contributed by atoms with Crippen molar-refractivity contribution in [2.75, 3.05) is 4.72 Å². The third-order valence-corrected chi connectivity index (χ3v) is 5.35. The summed E-state index contributed by atoms with van der Waals surface area (Å²) >= 11 is 0. The number of anilines is 1. The van der Waals surface area contributed by atoms with Crippen molar-refractivity contribution in [3.05, 3.63) is 72.3 Å². The standard InChI is InChI=1S/C20H19N3O3S/c1-14(24)10-18-11-16(8-9-21-18)17-12-20(15(2)22-13-17)23-27(25,26)19-6-4-3-5-7-19/h3-9,11-13,23H,10H2,1-2H3. The molecule has 0 aliphatic heterocycles. The number of rotatable bonds is 6. The zero-order chi connectivity index (χ0) is 19.4. The lowest BCUT2D eigenvalue weighted by molar-refractivity contribution is -0.116. The first-order chi connectivity index (χ1) is 12.8. The van der Waals surface area contributed by atoms with E-state index in [2.05, 4.69) is 14.7 Å². The van der Waals surface area contributed by atoms with Gasteiger partial charge in [0.15, 0.2) is 0 Å². The summed E-state index contributed by atoms with van der Waals surface area (Å²) in [6.07, 6.45) is 3.55. The number of nitrogens with zero attached hydrogens (tertiary/aromatic N) is 2. The molecule has 0 amide bonds. The Balaban J connectivity index is 1.95. The molecular formula is C20H19N3O3S. The molecule has 0 atom stereocenters. The molecule has 0 spiro atoms. The molecule has 3 aromatic rings. The van der Waals surface area contributed by atoms with Gasteiger partial charge in [-0.05, 0) is 49.7 Å². The van der Waals surface area contributed by atoms with Gasteiger partial charge in [0.25, 0.3) is 10.0 Å². The molecule has 0 unspecified atom stereocenters. The number of hydrogen-bond donors (Lipinski definition) is 1. The Morgan fingerprint density at radius 1 is 1.04 bits per heavy atom. The number of pyridine rings is 2. The van der Waals surface area contributed by atoms with Crippen molar-refractivity contribution in [2.45, 2.75) is 25.2 Å². The minimum absolute atomic E-state index is 0.0259. The second-order valence-electron chi connectivity index (χ2n) is 6.19. The number of sulfonamides is 1. The maximum atomic E-state index is 12.6. The summed E-state index contributed by atoms with van der Waals surface area (Å²) in [6.45, 7) is 3.25. The monoisotopic (exact) mass is 381 g/mol. The zero-order valence-electron chi connectivity index (χ0n) is 15.0. The topological polar surface area (TPSA) is 89.0 Å². The molecule has 0 fully saturated rings. The van der Waals surface area contributed by atoms with Crippen LogP contribution in [0.1, 0.15) is 18.3 Å². The summed E-state index contributed by atoms with van der Waals surface area (Å²) in [5, 5.41) is 0. The Morgan fingerprint density at radius 3 is 2.48 bits per heavy atom. The largest absolute Gasteiger partial charge is 0.300 e. The number of nitrogens with one attached hydrogen (secondary N) is 1. The molecule has 3 rings (SSSR count). The summed E-state index contributed by atoms with van der Waals surface area (Å²) in [4.78, 5) is 20.0. The molecule has 7 heteroatoms. The fourth-order valence-electron chi connectivity index (χ4n) is 2.61. The number of ketones is 1. The molecule has 1 aromatic carbocycles. The van der Waals surface area contributed by atoms with Crippen LogP contribution in [0, 0.1) is 6.92 Å². The molecule has 0 aliphatic rings. The van der Waals surface area contributed by atoms with Crippen LogP contribution in [-0.2, 0) is 21.2 Å². The van der Waals surface area contributed by atoms with Crippen LogP contribution in [0.4, 0.5) is 5.69 Å². The van der Waals surface area contributed by atoms with Gasteiger partial charge in [-0.15, -0.1) is 0 Å². The van der Waals surface area contributed by atoms with E-state index in [1.54, 1.807) is 49.6 Å². The van der Waals surface area contributed by atoms with Gasteiger partial charge in [-0.1, -0.05) is 18.2 Å². The van der Waals surface area contributed by atoms with Gasteiger partial charge in [-0.25, -0.2) is 8.42 Å². The van der Waals surface area contributed by atoms with Crippen molar-refractivity contribution in [1.82, 2.24) is 9.97 Å². The lowest BCUT2D eigenvalue weighted by atomic mass is 10.1. The molecule has 0 saturated heterocycles. The first-order valence-corrected chi connectivity index (χ1v) is 9.83. The first-order valence-electron chi connectivity index (χ1n) is 8.34. The van der Waals surface area contributed by atoms with Crippen LogP contribution >= 0.6 is 0 Å². The van der Waals surface area contributed by atoms with Crippen molar-refractivity contribution in [1.29, 1.82) is 0 Å².